The first kappa shape index (κ1) is 26.7. The SMILES string of the molecule is Cc1cccc(-c2nnc(CS(=O)(=O)[C@@H](C)[C@H](C)c3ncc(Cl)cn3)n2Cc2cc(C(F)(F)F)no2)n1. The number of sulfone groups is 1. The Morgan fingerprint density at radius 1 is 1.14 bits per heavy atom. The fourth-order valence-electron chi connectivity index (χ4n) is 3.53. The zero-order valence-electron chi connectivity index (χ0n) is 19.8. The van der Waals surface area contributed by atoms with Gasteiger partial charge in [0.1, 0.15) is 23.1 Å². The summed E-state index contributed by atoms with van der Waals surface area (Å²) in [5.41, 5.74) is -0.182. The van der Waals surface area contributed by atoms with Crippen molar-refractivity contribution in [3.8, 4) is 11.5 Å². The molecule has 2 atom stereocenters. The van der Waals surface area contributed by atoms with Crippen molar-refractivity contribution in [3.05, 3.63) is 70.5 Å². The first-order valence-corrected chi connectivity index (χ1v) is 13.0. The topological polar surface area (TPSA) is 130 Å². The van der Waals surface area contributed by atoms with E-state index in [1.807, 2.05) is 0 Å². The van der Waals surface area contributed by atoms with Crippen molar-refractivity contribution in [3.63, 3.8) is 0 Å². The van der Waals surface area contributed by atoms with Crippen LogP contribution in [0.15, 0.2) is 41.2 Å². The minimum atomic E-state index is -4.70. The van der Waals surface area contributed by atoms with Crippen molar-refractivity contribution in [2.75, 3.05) is 0 Å². The van der Waals surface area contributed by atoms with Crippen molar-refractivity contribution >= 4 is 21.4 Å². The van der Waals surface area contributed by atoms with Gasteiger partial charge in [0.15, 0.2) is 27.1 Å². The van der Waals surface area contributed by atoms with Crippen molar-refractivity contribution in [1.82, 2.24) is 34.9 Å². The lowest BCUT2D eigenvalue weighted by Crippen LogP contribution is -2.27. The number of alkyl halides is 3. The second-order valence-electron chi connectivity index (χ2n) is 8.43. The van der Waals surface area contributed by atoms with E-state index >= 15 is 0 Å². The standard InChI is InChI=1S/C22H21ClF3N7O3S/c1-12-5-4-6-17(29-12)21-31-30-19(33(21)10-16-7-18(32-36-16)22(24,25)26)11-37(34,35)14(3)13(2)20-27-8-15(23)9-28-20/h4-9,13-14H,10-11H2,1-3H3/t13-,14-/m0/s1. The highest BCUT2D eigenvalue weighted by molar-refractivity contribution is 7.91. The van der Waals surface area contributed by atoms with Gasteiger partial charge < -0.3 is 9.09 Å². The van der Waals surface area contributed by atoms with Crippen LogP contribution in [0.2, 0.25) is 5.02 Å². The van der Waals surface area contributed by atoms with Crippen LogP contribution < -0.4 is 0 Å². The van der Waals surface area contributed by atoms with E-state index in [2.05, 4.69) is 30.3 Å². The highest BCUT2D eigenvalue weighted by Crippen LogP contribution is 2.30. The molecule has 0 radical (unpaired) electrons. The van der Waals surface area contributed by atoms with Gasteiger partial charge in [-0.15, -0.1) is 10.2 Å². The Bertz CT molecular complexity index is 1500. The summed E-state index contributed by atoms with van der Waals surface area (Å²) in [5.74, 6) is -0.825. The number of aryl methyl sites for hydroxylation is 1. The lowest BCUT2D eigenvalue weighted by molar-refractivity contribution is -0.142. The van der Waals surface area contributed by atoms with Gasteiger partial charge in [-0.25, -0.2) is 23.4 Å². The molecule has 0 aromatic carbocycles. The first-order valence-electron chi connectivity index (χ1n) is 10.9. The van der Waals surface area contributed by atoms with Crippen LogP contribution in [-0.2, 0) is 28.3 Å². The Morgan fingerprint density at radius 2 is 1.84 bits per heavy atom. The van der Waals surface area contributed by atoms with Crippen LogP contribution >= 0.6 is 11.6 Å². The molecule has 0 bridgehead atoms. The molecule has 0 saturated carbocycles. The Kier molecular flexibility index (Phi) is 7.33. The molecular formula is C22H21ClF3N7O3S. The van der Waals surface area contributed by atoms with Gasteiger partial charge >= 0.3 is 6.18 Å². The molecular weight excluding hydrogens is 535 g/mol. The van der Waals surface area contributed by atoms with Crippen LogP contribution in [0.1, 0.15) is 48.6 Å². The molecule has 4 rings (SSSR count). The Morgan fingerprint density at radius 3 is 2.46 bits per heavy atom. The van der Waals surface area contributed by atoms with E-state index in [0.29, 0.717) is 22.2 Å². The van der Waals surface area contributed by atoms with E-state index in [1.54, 1.807) is 32.0 Å². The number of pyridine rings is 1. The zero-order valence-corrected chi connectivity index (χ0v) is 21.4. The molecule has 4 aromatic rings. The van der Waals surface area contributed by atoms with E-state index in [0.717, 1.165) is 6.07 Å². The summed E-state index contributed by atoms with van der Waals surface area (Å²) < 4.78 is 72.1. The van der Waals surface area contributed by atoms with E-state index in [1.165, 1.54) is 23.9 Å². The van der Waals surface area contributed by atoms with Crippen LogP contribution in [0.5, 0.6) is 0 Å². The van der Waals surface area contributed by atoms with Crippen LogP contribution in [-0.4, -0.2) is 48.5 Å². The quantitative estimate of drug-likeness (QED) is 0.313. The van der Waals surface area contributed by atoms with E-state index in [-0.39, 0.29) is 24.0 Å². The van der Waals surface area contributed by atoms with Gasteiger partial charge in [0.25, 0.3) is 0 Å². The lowest BCUT2D eigenvalue weighted by atomic mass is 10.1. The summed E-state index contributed by atoms with van der Waals surface area (Å²) in [7, 11) is -3.86. The van der Waals surface area contributed by atoms with Gasteiger partial charge in [0.2, 0.25) is 0 Å². The minimum absolute atomic E-state index is 0.000612. The number of hydrogen-bond donors (Lipinski definition) is 0. The fourth-order valence-corrected chi connectivity index (χ4v) is 5.21. The largest absolute Gasteiger partial charge is 0.436 e. The minimum Gasteiger partial charge on any atom is -0.359 e. The molecule has 0 aliphatic heterocycles. The molecule has 4 heterocycles. The van der Waals surface area contributed by atoms with Crippen molar-refractivity contribution in [2.45, 2.75) is 50.4 Å². The molecule has 0 saturated heterocycles. The Labute approximate surface area is 214 Å². The van der Waals surface area contributed by atoms with E-state index in [4.69, 9.17) is 16.1 Å². The molecule has 0 fully saturated rings. The number of aromatic nitrogens is 7. The third kappa shape index (κ3) is 5.96. The smallest absolute Gasteiger partial charge is 0.359 e. The van der Waals surface area contributed by atoms with Gasteiger partial charge in [-0.2, -0.15) is 13.2 Å². The molecule has 0 unspecified atom stereocenters. The maximum absolute atomic E-state index is 13.4. The first-order chi connectivity index (χ1) is 17.3. The summed E-state index contributed by atoms with van der Waals surface area (Å²) in [6, 6.07) is 5.85. The van der Waals surface area contributed by atoms with Crippen LogP contribution in [0.3, 0.4) is 0 Å². The van der Waals surface area contributed by atoms with Gasteiger partial charge in [0.05, 0.1) is 16.8 Å². The van der Waals surface area contributed by atoms with Gasteiger partial charge in [-0.3, -0.25) is 0 Å². The summed E-state index contributed by atoms with van der Waals surface area (Å²) in [5, 5.41) is 10.6. The Balaban J connectivity index is 1.69. The normalized spacial score (nSPS) is 14.0. The van der Waals surface area contributed by atoms with Crippen LogP contribution in [0, 0.1) is 6.92 Å². The summed E-state index contributed by atoms with van der Waals surface area (Å²) in [6.45, 7) is 4.65. The molecule has 0 aliphatic carbocycles. The lowest BCUT2D eigenvalue weighted by Gasteiger charge is -2.19. The number of nitrogens with zero attached hydrogens (tertiary/aromatic N) is 7. The van der Waals surface area contributed by atoms with Crippen LogP contribution in [0.4, 0.5) is 13.2 Å². The third-order valence-electron chi connectivity index (χ3n) is 5.76. The number of halogens is 4. The molecule has 4 aromatic heterocycles. The van der Waals surface area contributed by atoms with E-state index < -0.39 is 38.6 Å². The van der Waals surface area contributed by atoms with E-state index in [9.17, 15) is 21.6 Å². The predicted molar refractivity (Wildman–Crippen MR) is 126 cm³/mol. The highest BCUT2D eigenvalue weighted by atomic mass is 35.5. The van der Waals surface area contributed by atoms with Crippen molar-refractivity contribution in [1.29, 1.82) is 0 Å². The predicted octanol–water partition coefficient (Wildman–Crippen LogP) is 4.25. The average molecular weight is 556 g/mol. The molecule has 10 nitrogen and oxygen atoms in total. The molecule has 0 aliphatic rings. The molecule has 15 heteroatoms. The average Bonchev–Trinajstić information content (AvgIpc) is 3.46. The molecule has 0 N–H and O–H groups in total. The molecule has 37 heavy (non-hydrogen) atoms. The monoisotopic (exact) mass is 555 g/mol. The maximum Gasteiger partial charge on any atom is 0.436 e. The zero-order chi connectivity index (χ0) is 27.0. The second kappa shape index (κ2) is 10.2. The third-order valence-corrected chi connectivity index (χ3v) is 8.15. The summed E-state index contributed by atoms with van der Waals surface area (Å²) in [4.78, 5) is 12.6. The highest BCUT2D eigenvalue weighted by Gasteiger charge is 2.36. The van der Waals surface area contributed by atoms with Crippen molar-refractivity contribution in [2.24, 2.45) is 0 Å². The molecule has 196 valence electrons. The van der Waals surface area contributed by atoms with Gasteiger partial charge in [-0.1, -0.05) is 29.7 Å². The Hall–Kier alpha value is -3.39. The summed E-state index contributed by atoms with van der Waals surface area (Å²) >= 11 is 5.83. The second-order valence-corrected chi connectivity index (χ2v) is 11.2. The van der Waals surface area contributed by atoms with Crippen molar-refractivity contribution < 1.29 is 26.1 Å². The molecule has 0 spiro atoms. The van der Waals surface area contributed by atoms with Gasteiger partial charge in [0, 0.05) is 30.1 Å². The van der Waals surface area contributed by atoms with Gasteiger partial charge in [-0.05, 0) is 26.0 Å². The number of hydrogen-bond acceptors (Lipinski definition) is 9. The summed E-state index contributed by atoms with van der Waals surface area (Å²) in [6.07, 6.45) is -1.94. The molecule has 0 amide bonds. The van der Waals surface area contributed by atoms with Crippen LogP contribution in [0.25, 0.3) is 11.5 Å². The number of rotatable bonds is 8. The maximum atomic E-state index is 13.4. The fraction of sp³-hybridized carbons (Fsp3) is 0.364.